The van der Waals surface area contributed by atoms with Gasteiger partial charge in [-0.05, 0) is 61.9 Å². The van der Waals surface area contributed by atoms with Gasteiger partial charge in [0.2, 0.25) is 0 Å². The van der Waals surface area contributed by atoms with Gasteiger partial charge in [0, 0.05) is 38.9 Å². The summed E-state index contributed by atoms with van der Waals surface area (Å²) in [6, 6.07) is 70.1. The second-order valence-corrected chi connectivity index (χ2v) is 19.4. The molecule has 0 radical (unpaired) electrons. The molecular weight excluding hydrogens is 855 g/mol. The topological polar surface area (TPSA) is 101 Å². The SMILES string of the molecule is CC(C)(C)c1ccccc1-c1nc(-c2ccccc2)nc(-c2ccccc2-c2ccc(-c3ccccc3-c3nc(-c4ccccc4)nc(-c4ccccc4C(C)(C)C)n3)c(-c3ccccc3C#N)c2)n1. The van der Waals surface area contributed by atoms with Gasteiger partial charge in [0.1, 0.15) is 0 Å². The largest absolute Gasteiger partial charge is 0.208 e. The van der Waals surface area contributed by atoms with Crippen LogP contribution in [0.2, 0.25) is 0 Å². The van der Waals surface area contributed by atoms with Crippen LogP contribution in [0.5, 0.6) is 0 Å². The summed E-state index contributed by atoms with van der Waals surface area (Å²) in [6.45, 7) is 13.3. The number of benzene rings is 8. The Morgan fingerprint density at radius 3 is 1.10 bits per heavy atom. The third-order valence-corrected chi connectivity index (χ3v) is 12.6. The van der Waals surface area contributed by atoms with Gasteiger partial charge in [0.15, 0.2) is 34.9 Å². The first-order valence-electron chi connectivity index (χ1n) is 23.6. The lowest BCUT2D eigenvalue weighted by molar-refractivity contribution is 0.591. The molecule has 0 bridgehead atoms. The minimum atomic E-state index is -0.161. The fraction of sp³-hybridized carbons (Fsp3) is 0.127. The van der Waals surface area contributed by atoms with Gasteiger partial charge in [-0.1, -0.05) is 230 Å². The molecule has 7 nitrogen and oxygen atoms in total. The van der Waals surface area contributed by atoms with E-state index in [2.05, 4.69) is 126 Å². The molecule has 0 unspecified atom stereocenters. The number of aromatic nitrogens is 6. The maximum Gasteiger partial charge on any atom is 0.164 e. The van der Waals surface area contributed by atoms with Crippen LogP contribution in [0.3, 0.4) is 0 Å². The molecule has 0 N–H and O–H groups in total. The number of hydrogen-bond donors (Lipinski definition) is 0. The molecule has 0 aliphatic heterocycles. The van der Waals surface area contributed by atoms with Crippen LogP contribution in [-0.4, -0.2) is 29.9 Å². The van der Waals surface area contributed by atoms with Gasteiger partial charge in [-0.15, -0.1) is 0 Å². The lowest BCUT2D eigenvalue weighted by Crippen LogP contribution is -2.13. The third-order valence-electron chi connectivity index (χ3n) is 12.6. The summed E-state index contributed by atoms with van der Waals surface area (Å²) in [4.78, 5) is 31.2. The smallest absolute Gasteiger partial charge is 0.164 e. The predicted octanol–water partition coefficient (Wildman–Crippen LogP) is 15.5. The van der Waals surface area contributed by atoms with E-state index in [1.807, 2.05) is 121 Å². The van der Waals surface area contributed by atoms with Gasteiger partial charge < -0.3 is 0 Å². The minimum absolute atomic E-state index is 0.154. The van der Waals surface area contributed by atoms with Crippen molar-refractivity contribution in [1.29, 1.82) is 5.26 Å². The van der Waals surface area contributed by atoms with E-state index in [1.54, 1.807) is 0 Å². The average molecular weight is 906 g/mol. The number of hydrogen-bond acceptors (Lipinski definition) is 7. The summed E-state index contributed by atoms with van der Waals surface area (Å²) in [5.41, 5.74) is 13.3. The first-order valence-corrected chi connectivity index (χ1v) is 23.6. The molecule has 0 atom stereocenters. The molecule has 0 spiro atoms. The molecule has 2 heterocycles. The van der Waals surface area contributed by atoms with Crippen molar-refractivity contribution < 1.29 is 0 Å². The Hall–Kier alpha value is -8.73. The molecule has 7 heteroatoms. The highest BCUT2D eigenvalue weighted by Crippen LogP contribution is 2.43. The third kappa shape index (κ3) is 9.03. The van der Waals surface area contributed by atoms with Crippen molar-refractivity contribution in [2.45, 2.75) is 52.4 Å². The van der Waals surface area contributed by atoms with Gasteiger partial charge in [0.25, 0.3) is 0 Å². The quantitative estimate of drug-likeness (QED) is 0.142. The number of rotatable bonds is 9. The molecule has 10 aromatic rings. The van der Waals surface area contributed by atoms with Crippen LogP contribution < -0.4 is 0 Å². The van der Waals surface area contributed by atoms with E-state index >= 15 is 0 Å². The van der Waals surface area contributed by atoms with Gasteiger partial charge in [0.05, 0.1) is 11.6 Å². The molecule has 0 saturated heterocycles. The Kier molecular flexibility index (Phi) is 12.1. The summed E-state index contributed by atoms with van der Waals surface area (Å²) in [6.07, 6.45) is 0. The van der Waals surface area contributed by atoms with E-state index in [0.29, 0.717) is 40.5 Å². The van der Waals surface area contributed by atoms with E-state index in [1.165, 1.54) is 0 Å². The van der Waals surface area contributed by atoms with E-state index in [-0.39, 0.29) is 10.8 Å². The molecule has 0 aliphatic carbocycles. The second kappa shape index (κ2) is 18.7. The Morgan fingerprint density at radius 2 is 0.629 bits per heavy atom. The van der Waals surface area contributed by atoms with Crippen LogP contribution >= 0.6 is 0 Å². The summed E-state index contributed by atoms with van der Waals surface area (Å²) in [5, 5.41) is 10.6. The van der Waals surface area contributed by atoms with Gasteiger partial charge in [-0.2, -0.15) is 5.26 Å². The van der Waals surface area contributed by atoms with Gasteiger partial charge in [-0.25, -0.2) is 29.9 Å². The van der Waals surface area contributed by atoms with Crippen LogP contribution in [0.4, 0.5) is 0 Å². The normalized spacial score (nSPS) is 11.6. The average Bonchev–Trinajstić information content (AvgIpc) is 3.40. The highest BCUT2D eigenvalue weighted by Gasteiger charge is 2.25. The zero-order valence-electron chi connectivity index (χ0n) is 40.2. The summed E-state index contributed by atoms with van der Waals surface area (Å²) < 4.78 is 0. The monoisotopic (exact) mass is 905 g/mol. The summed E-state index contributed by atoms with van der Waals surface area (Å²) in [7, 11) is 0. The summed E-state index contributed by atoms with van der Waals surface area (Å²) >= 11 is 0. The first-order chi connectivity index (χ1) is 33.9. The standard InChI is InChI=1S/C63H51N7/c1-62(2,3)54-35-21-19-33-51(54)60-67-56(41-23-9-7-10-24-41)65-58(69-60)49-31-17-15-28-45(49)43-37-38-48(53(39-43)46-29-14-13-27-44(46)40-64)47-30-16-18-32-50(47)59-66-57(42-25-11-8-12-26-42)68-61(70-59)52-34-20-22-36-55(52)63(4,5)6/h7-39H,1-6H3. The fourth-order valence-corrected chi connectivity index (χ4v) is 9.16. The van der Waals surface area contributed by atoms with Crippen molar-refractivity contribution in [1.82, 2.24) is 29.9 Å². The molecule has 338 valence electrons. The van der Waals surface area contributed by atoms with Crippen molar-refractivity contribution in [3.05, 3.63) is 217 Å². The van der Waals surface area contributed by atoms with Gasteiger partial charge in [-0.3, -0.25) is 0 Å². The first kappa shape index (κ1) is 45.1. The molecule has 0 fully saturated rings. The van der Waals surface area contributed by atoms with Crippen LogP contribution in [0.15, 0.2) is 200 Å². The summed E-state index contributed by atoms with van der Waals surface area (Å²) in [5.74, 6) is 3.49. The number of nitrogens with zero attached hydrogens (tertiary/aromatic N) is 7. The molecular formula is C63H51N7. The number of nitriles is 1. The van der Waals surface area contributed by atoms with Crippen molar-refractivity contribution in [2.75, 3.05) is 0 Å². The maximum atomic E-state index is 10.6. The van der Waals surface area contributed by atoms with E-state index < -0.39 is 0 Å². The van der Waals surface area contributed by atoms with Crippen molar-refractivity contribution in [3.8, 4) is 108 Å². The Bertz CT molecular complexity index is 3580. The zero-order chi connectivity index (χ0) is 48.4. The van der Waals surface area contributed by atoms with Crippen LogP contribution in [0.1, 0.15) is 58.2 Å². The highest BCUT2D eigenvalue weighted by molar-refractivity contribution is 5.95. The molecule has 0 aliphatic rings. The second-order valence-electron chi connectivity index (χ2n) is 19.4. The Morgan fingerprint density at radius 1 is 0.286 bits per heavy atom. The fourth-order valence-electron chi connectivity index (χ4n) is 9.16. The van der Waals surface area contributed by atoms with Crippen molar-refractivity contribution in [2.24, 2.45) is 0 Å². The zero-order valence-corrected chi connectivity index (χ0v) is 40.2. The molecule has 8 aromatic carbocycles. The van der Waals surface area contributed by atoms with Crippen LogP contribution in [0, 0.1) is 11.3 Å². The Labute approximate surface area is 410 Å². The molecule has 70 heavy (non-hydrogen) atoms. The molecule has 2 aromatic heterocycles. The van der Waals surface area contributed by atoms with Crippen LogP contribution in [-0.2, 0) is 10.8 Å². The Balaban J connectivity index is 1.18. The molecule has 0 saturated carbocycles. The lowest BCUT2D eigenvalue weighted by Gasteiger charge is -2.23. The van der Waals surface area contributed by atoms with Crippen molar-refractivity contribution >= 4 is 0 Å². The molecule has 0 amide bonds. The van der Waals surface area contributed by atoms with Gasteiger partial charge >= 0.3 is 0 Å². The maximum absolute atomic E-state index is 10.6. The molecule has 10 rings (SSSR count). The van der Waals surface area contributed by atoms with E-state index in [0.717, 1.165) is 77.9 Å². The van der Waals surface area contributed by atoms with E-state index in [4.69, 9.17) is 29.9 Å². The predicted molar refractivity (Wildman–Crippen MR) is 284 cm³/mol. The highest BCUT2D eigenvalue weighted by atomic mass is 15.0. The lowest BCUT2D eigenvalue weighted by atomic mass is 9.83. The minimum Gasteiger partial charge on any atom is -0.208 e. The van der Waals surface area contributed by atoms with E-state index in [9.17, 15) is 5.26 Å². The van der Waals surface area contributed by atoms with Crippen LogP contribution in [0.25, 0.3) is 102 Å². The van der Waals surface area contributed by atoms with Crippen molar-refractivity contribution in [3.63, 3.8) is 0 Å².